The molecular formula is C24H43NO2. The second-order valence-electron chi connectivity index (χ2n) is 11.0. The van der Waals surface area contributed by atoms with Gasteiger partial charge in [-0.1, -0.05) is 32.6 Å². The molecule has 0 aromatic carbocycles. The number of esters is 1. The third-order valence-corrected chi connectivity index (χ3v) is 7.79. The van der Waals surface area contributed by atoms with Gasteiger partial charge >= 0.3 is 5.97 Å². The van der Waals surface area contributed by atoms with Crippen LogP contribution in [0.1, 0.15) is 105 Å². The van der Waals surface area contributed by atoms with Gasteiger partial charge < -0.3 is 10.1 Å². The van der Waals surface area contributed by atoms with Crippen molar-refractivity contribution in [3.8, 4) is 0 Å². The third-order valence-electron chi connectivity index (χ3n) is 7.79. The zero-order valence-electron chi connectivity index (χ0n) is 18.5. The van der Waals surface area contributed by atoms with Crippen LogP contribution in [-0.2, 0) is 9.53 Å². The number of rotatable bonds is 5. The molecule has 27 heavy (non-hydrogen) atoms. The molecule has 156 valence electrons. The normalized spacial score (nSPS) is 38.5. The number of ether oxygens (including phenoxy) is 1. The highest BCUT2D eigenvalue weighted by atomic mass is 16.5. The molecule has 3 rings (SSSR count). The van der Waals surface area contributed by atoms with Crippen LogP contribution in [0.4, 0.5) is 0 Å². The Bertz CT molecular complexity index is 497. The number of nitrogens with one attached hydrogen (secondary N) is 1. The number of hydrogen-bond donors (Lipinski definition) is 1. The van der Waals surface area contributed by atoms with Crippen LogP contribution in [0.25, 0.3) is 0 Å². The molecule has 0 spiro atoms. The summed E-state index contributed by atoms with van der Waals surface area (Å²) in [4.78, 5) is 12.8. The molecule has 1 atom stereocenters. The molecule has 3 nitrogen and oxygen atoms in total. The standard InChI is InChI=1S/C24H43NO2/c1-6-7-17-8-10-18(11-9-17)19-12-14-20(15-13-19)27-22(26)21-16-23(2,3)25-24(21,4)5/h17-21,25H,6-16H2,1-5H3. The Morgan fingerprint density at radius 1 is 0.926 bits per heavy atom. The molecule has 3 aliphatic rings. The summed E-state index contributed by atoms with van der Waals surface area (Å²) >= 11 is 0. The van der Waals surface area contributed by atoms with Gasteiger partial charge in [-0.15, -0.1) is 0 Å². The lowest BCUT2D eigenvalue weighted by atomic mass is 9.70. The maximum atomic E-state index is 12.8. The Balaban J connectivity index is 1.43. The first-order valence-electron chi connectivity index (χ1n) is 11.7. The number of carbonyl (C=O) groups is 1. The van der Waals surface area contributed by atoms with Gasteiger partial charge in [0.1, 0.15) is 6.10 Å². The summed E-state index contributed by atoms with van der Waals surface area (Å²) in [7, 11) is 0. The first kappa shape index (κ1) is 21.1. The Kier molecular flexibility index (Phi) is 6.60. The second kappa shape index (κ2) is 8.43. The van der Waals surface area contributed by atoms with E-state index in [0.717, 1.165) is 37.0 Å². The fraction of sp³-hybridized carbons (Fsp3) is 0.958. The van der Waals surface area contributed by atoms with Gasteiger partial charge in [-0.2, -0.15) is 0 Å². The van der Waals surface area contributed by atoms with Crippen LogP contribution >= 0.6 is 0 Å². The van der Waals surface area contributed by atoms with Crippen molar-refractivity contribution in [3.05, 3.63) is 0 Å². The molecule has 1 unspecified atom stereocenters. The fourth-order valence-corrected chi connectivity index (χ4v) is 6.43. The molecule has 0 aromatic heterocycles. The van der Waals surface area contributed by atoms with E-state index in [4.69, 9.17) is 4.74 Å². The van der Waals surface area contributed by atoms with Gasteiger partial charge in [0.05, 0.1) is 5.92 Å². The molecule has 1 saturated heterocycles. The third kappa shape index (κ3) is 5.28. The van der Waals surface area contributed by atoms with Crippen molar-refractivity contribution in [2.75, 3.05) is 0 Å². The van der Waals surface area contributed by atoms with Gasteiger partial charge in [-0.3, -0.25) is 4.79 Å². The lowest BCUT2D eigenvalue weighted by molar-refractivity contribution is -0.157. The molecule has 1 N–H and O–H groups in total. The molecule has 3 heteroatoms. The van der Waals surface area contributed by atoms with Gasteiger partial charge in [0, 0.05) is 11.1 Å². The Hall–Kier alpha value is -0.570. The van der Waals surface area contributed by atoms with Crippen molar-refractivity contribution >= 4 is 5.97 Å². The van der Waals surface area contributed by atoms with Gasteiger partial charge in [0.25, 0.3) is 0 Å². The topological polar surface area (TPSA) is 38.3 Å². The van der Waals surface area contributed by atoms with Crippen molar-refractivity contribution in [2.45, 2.75) is 122 Å². The van der Waals surface area contributed by atoms with Gasteiger partial charge in [0.15, 0.2) is 0 Å². The van der Waals surface area contributed by atoms with E-state index in [0.29, 0.717) is 0 Å². The maximum Gasteiger partial charge on any atom is 0.311 e. The largest absolute Gasteiger partial charge is 0.462 e. The smallest absolute Gasteiger partial charge is 0.311 e. The van der Waals surface area contributed by atoms with E-state index in [-0.39, 0.29) is 29.1 Å². The summed E-state index contributed by atoms with van der Waals surface area (Å²) in [5.41, 5.74) is -0.156. The van der Waals surface area contributed by atoms with Gasteiger partial charge in [0.2, 0.25) is 0 Å². The molecule has 2 aliphatic carbocycles. The average Bonchev–Trinajstić information content (AvgIpc) is 2.84. The summed E-state index contributed by atoms with van der Waals surface area (Å²) in [6, 6.07) is 0. The van der Waals surface area contributed by atoms with Gasteiger partial charge in [-0.05, 0) is 90.4 Å². The fourth-order valence-electron chi connectivity index (χ4n) is 6.43. The lowest BCUT2D eigenvalue weighted by Crippen LogP contribution is -2.47. The summed E-state index contributed by atoms with van der Waals surface area (Å²) in [6.45, 7) is 11.0. The van der Waals surface area contributed by atoms with E-state index in [1.165, 1.54) is 51.4 Å². The van der Waals surface area contributed by atoms with E-state index in [1.807, 2.05) is 0 Å². The minimum atomic E-state index is -0.172. The first-order valence-corrected chi connectivity index (χ1v) is 11.7. The van der Waals surface area contributed by atoms with Crippen molar-refractivity contribution in [1.82, 2.24) is 5.32 Å². The second-order valence-corrected chi connectivity index (χ2v) is 11.0. The van der Waals surface area contributed by atoms with Crippen LogP contribution in [0.15, 0.2) is 0 Å². The van der Waals surface area contributed by atoms with Crippen molar-refractivity contribution in [1.29, 1.82) is 0 Å². The quantitative estimate of drug-likeness (QED) is 0.610. The molecule has 0 aromatic rings. The van der Waals surface area contributed by atoms with Crippen LogP contribution in [0.2, 0.25) is 0 Å². The van der Waals surface area contributed by atoms with Crippen LogP contribution in [-0.4, -0.2) is 23.2 Å². The molecule has 1 aliphatic heterocycles. The van der Waals surface area contributed by atoms with E-state index < -0.39 is 0 Å². The molecule has 1 heterocycles. The maximum absolute atomic E-state index is 12.8. The average molecular weight is 378 g/mol. The summed E-state index contributed by atoms with van der Waals surface area (Å²) in [6.07, 6.45) is 14.3. The van der Waals surface area contributed by atoms with Crippen LogP contribution in [0.3, 0.4) is 0 Å². The van der Waals surface area contributed by atoms with E-state index >= 15 is 0 Å². The Morgan fingerprint density at radius 2 is 1.48 bits per heavy atom. The van der Waals surface area contributed by atoms with E-state index in [1.54, 1.807) is 0 Å². The highest BCUT2D eigenvalue weighted by Crippen LogP contribution is 2.42. The predicted octanol–water partition coefficient (Wildman–Crippen LogP) is 5.86. The molecule has 0 bridgehead atoms. The zero-order valence-corrected chi connectivity index (χ0v) is 18.5. The molecule has 2 saturated carbocycles. The Labute approximate surface area is 167 Å². The van der Waals surface area contributed by atoms with Crippen molar-refractivity contribution in [2.24, 2.45) is 23.7 Å². The number of carbonyl (C=O) groups excluding carboxylic acids is 1. The minimum Gasteiger partial charge on any atom is -0.462 e. The molecule has 3 fully saturated rings. The number of hydrogen-bond acceptors (Lipinski definition) is 3. The van der Waals surface area contributed by atoms with E-state index in [9.17, 15) is 4.79 Å². The van der Waals surface area contributed by atoms with Crippen molar-refractivity contribution in [3.63, 3.8) is 0 Å². The summed E-state index contributed by atoms with van der Waals surface area (Å²) < 4.78 is 6.01. The van der Waals surface area contributed by atoms with Gasteiger partial charge in [-0.25, -0.2) is 0 Å². The molecule has 0 radical (unpaired) electrons. The lowest BCUT2D eigenvalue weighted by Gasteiger charge is -2.38. The predicted molar refractivity (Wildman–Crippen MR) is 112 cm³/mol. The SMILES string of the molecule is CCCC1CCC(C2CCC(OC(=O)C3CC(C)(C)NC3(C)C)CC2)CC1. The van der Waals surface area contributed by atoms with Crippen LogP contribution in [0, 0.1) is 23.7 Å². The van der Waals surface area contributed by atoms with Crippen LogP contribution < -0.4 is 5.32 Å². The summed E-state index contributed by atoms with van der Waals surface area (Å²) in [5.74, 6) is 2.82. The first-order chi connectivity index (χ1) is 12.7. The zero-order chi connectivity index (χ0) is 19.7. The summed E-state index contributed by atoms with van der Waals surface area (Å²) in [5, 5.41) is 3.60. The van der Waals surface area contributed by atoms with Crippen LogP contribution in [0.5, 0.6) is 0 Å². The highest BCUT2D eigenvalue weighted by Gasteiger charge is 2.49. The Morgan fingerprint density at radius 3 is 1.96 bits per heavy atom. The minimum absolute atomic E-state index is 0.0153. The molecule has 0 amide bonds. The van der Waals surface area contributed by atoms with Crippen molar-refractivity contribution < 1.29 is 9.53 Å². The van der Waals surface area contributed by atoms with E-state index in [2.05, 4.69) is 39.9 Å². The monoisotopic (exact) mass is 377 g/mol. The highest BCUT2D eigenvalue weighted by molar-refractivity contribution is 5.75. The molecular weight excluding hydrogens is 334 g/mol.